The largest absolute Gasteiger partial charge is 0.343 e. The normalized spacial score (nSPS) is 16.0. The molecule has 1 amide bonds. The molecule has 1 unspecified atom stereocenters. The number of likely N-dealkylation sites (tertiary alicyclic amines) is 1. The van der Waals surface area contributed by atoms with Gasteiger partial charge in [-0.3, -0.25) is 9.69 Å². The molecular weight excluding hydrogens is 394 g/mol. The molecule has 0 saturated carbocycles. The molecule has 3 nitrogen and oxygen atoms in total. The van der Waals surface area contributed by atoms with E-state index in [1.165, 1.54) is 37.1 Å². The van der Waals surface area contributed by atoms with E-state index in [2.05, 4.69) is 18.7 Å². The Morgan fingerprint density at radius 1 is 0.968 bits per heavy atom. The number of benzene rings is 2. The molecule has 2 aromatic rings. The predicted octanol–water partition coefficient (Wildman–Crippen LogP) is 5.24. The molecule has 0 aliphatic carbocycles. The van der Waals surface area contributed by atoms with E-state index in [9.17, 15) is 13.6 Å². The van der Waals surface area contributed by atoms with Crippen LogP contribution in [0.5, 0.6) is 0 Å². The molecule has 1 atom stereocenters. The fourth-order valence-corrected chi connectivity index (χ4v) is 4.75. The summed E-state index contributed by atoms with van der Waals surface area (Å²) in [6, 6.07) is 12.4. The first-order chi connectivity index (χ1) is 14.7. The molecule has 0 bridgehead atoms. The van der Waals surface area contributed by atoms with Crippen molar-refractivity contribution in [2.75, 3.05) is 26.7 Å². The molecule has 1 aliphatic rings. The van der Waals surface area contributed by atoms with Crippen LogP contribution in [0.1, 0.15) is 51.2 Å². The third-order valence-electron chi connectivity index (χ3n) is 6.50. The zero-order valence-corrected chi connectivity index (χ0v) is 19.1. The number of likely N-dealkylation sites (N-methyl/N-ethyl adjacent to an activating group) is 1. The number of hydrogen-bond acceptors (Lipinski definition) is 2. The van der Waals surface area contributed by atoms with E-state index in [1.807, 2.05) is 14.0 Å². The highest BCUT2D eigenvalue weighted by molar-refractivity contribution is 5.91. The van der Waals surface area contributed by atoms with E-state index in [-0.39, 0.29) is 17.5 Å². The summed E-state index contributed by atoms with van der Waals surface area (Å²) in [7, 11) is 1.84. The predicted molar refractivity (Wildman–Crippen MR) is 121 cm³/mol. The first kappa shape index (κ1) is 23.4. The molecule has 31 heavy (non-hydrogen) atoms. The second kappa shape index (κ2) is 9.90. The third kappa shape index (κ3) is 5.32. The summed E-state index contributed by atoms with van der Waals surface area (Å²) in [6.45, 7) is 9.06. The minimum Gasteiger partial charge on any atom is -0.343 e. The number of halogens is 2. The first-order valence-corrected chi connectivity index (χ1v) is 11.2. The number of carbonyl (C=O) groups excluding carboxylic acids is 1. The van der Waals surface area contributed by atoms with Crippen LogP contribution in [0.4, 0.5) is 8.78 Å². The molecule has 0 spiro atoms. The maximum atomic E-state index is 13.9. The zero-order valence-electron chi connectivity index (χ0n) is 19.1. The monoisotopic (exact) mass is 428 g/mol. The van der Waals surface area contributed by atoms with E-state index in [0.29, 0.717) is 29.6 Å². The lowest BCUT2D eigenvalue weighted by molar-refractivity contribution is -0.134. The molecule has 3 rings (SSSR count). The smallest absolute Gasteiger partial charge is 0.237 e. The van der Waals surface area contributed by atoms with E-state index in [1.54, 1.807) is 29.2 Å². The van der Waals surface area contributed by atoms with Crippen LogP contribution < -0.4 is 0 Å². The summed E-state index contributed by atoms with van der Waals surface area (Å²) in [5, 5.41) is 0. The van der Waals surface area contributed by atoms with Crippen LogP contribution in [-0.2, 0) is 10.2 Å². The van der Waals surface area contributed by atoms with Gasteiger partial charge in [-0.15, -0.1) is 0 Å². The van der Waals surface area contributed by atoms with Gasteiger partial charge in [-0.2, -0.15) is 0 Å². The minimum atomic E-state index is -1.04. The average Bonchev–Trinajstić information content (AvgIpc) is 3.27. The van der Waals surface area contributed by atoms with E-state index < -0.39 is 5.41 Å². The van der Waals surface area contributed by atoms with Gasteiger partial charge in [0.25, 0.3) is 0 Å². The molecule has 1 saturated heterocycles. The zero-order chi connectivity index (χ0) is 22.6. The van der Waals surface area contributed by atoms with Gasteiger partial charge in [0.1, 0.15) is 11.6 Å². The molecule has 0 N–H and O–H groups in total. The lowest BCUT2D eigenvalue weighted by Gasteiger charge is -2.37. The lowest BCUT2D eigenvalue weighted by Crippen LogP contribution is -2.50. The van der Waals surface area contributed by atoms with Gasteiger partial charge in [0.15, 0.2) is 0 Å². The summed E-state index contributed by atoms with van der Waals surface area (Å²) < 4.78 is 27.2. The molecule has 1 fully saturated rings. The molecule has 0 aromatic heterocycles. The van der Waals surface area contributed by atoms with Gasteiger partial charge < -0.3 is 4.90 Å². The van der Waals surface area contributed by atoms with Crippen LogP contribution in [0.25, 0.3) is 0 Å². The van der Waals surface area contributed by atoms with Crippen molar-refractivity contribution >= 4 is 5.91 Å². The standard InChI is InChI=1S/C26H34F2N2O/c1-19(2)17-24(30-15-5-6-16-30)18-29(4)25(31)26(3,20-7-11-22(27)12-8-20)21-9-13-23(28)14-10-21/h7-14,19,24H,5-6,15-18H2,1-4H3. The number of hydrogen-bond donors (Lipinski definition) is 0. The molecule has 1 heterocycles. The molecule has 168 valence electrons. The third-order valence-corrected chi connectivity index (χ3v) is 6.50. The Labute approximate surface area is 185 Å². The van der Waals surface area contributed by atoms with Crippen molar-refractivity contribution in [3.8, 4) is 0 Å². The van der Waals surface area contributed by atoms with E-state index in [4.69, 9.17) is 0 Å². The van der Waals surface area contributed by atoms with Gasteiger partial charge in [0, 0.05) is 19.6 Å². The van der Waals surface area contributed by atoms with Gasteiger partial charge >= 0.3 is 0 Å². The first-order valence-electron chi connectivity index (χ1n) is 11.2. The Balaban J connectivity index is 1.93. The van der Waals surface area contributed by atoms with Gasteiger partial charge in [-0.1, -0.05) is 38.1 Å². The molecule has 1 aliphatic heterocycles. The summed E-state index contributed by atoms with van der Waals surface area (Å²) in [5.41, 5.74) is 0.349. The summed E-state index contributed by atoms with van der Waals surface area (Å²) in [5.74, 6) is -0.234. The Kier molecular flexibility index (Phi) is 7.47. The number of amides is 1. The fraction of sp³-hybridized carbons (Fsp3) is 0.500. The summed E-state index contributed by atoms with van der Waals surface area (Å²) in [4.78, 5) is 18.2. The second-order valence-corrected chi connectivity index (χ2v) is 9.35. The Morgan fingerprint density at radius 2 is 1.42 bits per heavy atom. The fourth-order valence-electron chi connectivity index (χ4n) is 4.75. The maximum Gasteiger partial charge on any atom is 0.237 e. The molecule has 2 aromatic carbocycles. The minimum absolute atomic E-state index is 0.0707. The lowest BCUT2D eigenvalue weighted by atomic mass is 9.75. The highest BCUT2D eigenvalue weighted by Crippen LogP contribution is 2.34. The highest BCUT2D eigenvalue weighted by Gasteiger charge is 2.40. The molecule has 0 radical (unpaired) electrons. The summed E-state index contributed by atoms with van der Waals surface area (Å²) >= 11 is 0. The van der Waals surface area contributed by atoms with Crippen molar-refractivity contribution in [3.63, 3.8) is 0 Å². The number of nitrogens with zero attached hydrogens (tertiary/aromatic N) is 2. The van der Waals surface area contributed by atoms with Crippen molar-refractivity contribution in [2.24, 2.45) is 5.92 Å². The highest BCUT2D eigenvalue weighted by atomic mass is 19.1. The van der Waals surface area contributed by atoms with Gasteiger partial charge in [0.05, 0.1) is 5.41 Å². The molecular formula is C26H34F2N2O. The quantitative estimate of drug-likeness (QED) is 0.574. The van der Waals surface area contributed by atoms with Gasteiger partial charge in [-0.25, -0.2) is 8.78 Å². The van der Waals surface area contributed by atoms with Crippen LogP contribution in [0, 0.1) is 17.6 Å². The van der Waals surface area contributed by atoms with Gasteiger partial charge in [0.2, 0.25) is 5.91 Å². The number of carbonyl (C=O) groups is 1. The van der Waals surface area contributed by atoms with Crippen molar-refractivity contribution < 1.29 is 13.6 Å². The second-order valence-electron chi connectivity index (χ2n) is 9.35. The van der Waals surface area contributed by atoms with Crippen LogP contribution in [-0.4, -0.2) is 48.4 Å². The maximum absolute atomic E-state index is 13.9. The van der Waals surface area contributed by atoms with Crippen molar-refractivity contribution in [2.45, 2.75) is 51.5 Å². The molecule has 5 heteroatoms. The van der Waals surface area contributed by atoms with Crippen molar-refractivity contribution in [1.29, 1.82) is 0 Å². The number of rotatable bonds is 8. The van der Waals surface area contributed by atoms with Crippen molar-refractivity contribution in [3.05, 3.63) is 71.3 Å². The van der Waals surface area contributed by atoms with E-state index >= 15 is 0 Å². The van der Waals surface area contributed by atoms with Gasteiger partial charge in [-0.05, 0) is 80.6 Å². The van der Waals surface area contributed by atoms with E-state index in [0.717, 1.165) is 19.5 Å². The SMILES string of the molecule is CC(C)CC(CN(C)C(=O)C(C)(c1ccc(F)cc1)c1ccc(F)cc1)N1CCCC1. The van der Waals surface area contributed by atoms with Crippen LogP contribution >= 0.6 is 0 Å². The Hall–Kier alpha value is -2.27. The van der Waals surface area contributed by atoms with Crippen LogP contribution in [0.15, 0.2) is 48.5 Å². The Bertz CT molecular complexity index is 812. The van der Waals surface area contributed by atoms with Crippen LogP contribution in [0.2, 0.25) is 0 Å². The van der Waals surface area contributed by atoms with Crippen LogP contribution in [0.3, 0.4) is 0 Å². The average molecular weight is 429 g/mol. The van der Waals surface area contributed by atoms with Crippen molar-refractivity contribution in [1.82, 2.24) is 9.80 Å². The topological polar surface area (TPSA) is 23.6 Å². The Morgan fingerprint density at radius 3 is 1.84 bits per heavy atom. The summed E-state index contributed by atoms with van der Waals surface area (Å²) in [6.07, 6.45) is 3.44.